The first-order valence-corrected chi connectivity index (χ1v) is 14.6. The molecule has 0 radical (unpaired) electrons. The van der Waals surface area contributed by atoms with Gasteiger partial charge < -0.3 is 15.0 Å². The van der Waals surface area contributed by atoms with Crippen LogP contribution < -0.4 is 16.6 Å². The second kappa shape index (κ2) is 11.4. The summed E-state index contributed by atoms with van der Waals surface area (Å²) in [7, 11) is 3.21. The molecule has 1 amide bonds. The Morgan fingerprint density at radius 3 is 2.24 bits per heavy atom. The highest BCUT2D eigenvalue weighted by atomic mass is 16.3. The summed E-state index contributed by atoms with van der Waals surface area (Å²) in [4.78, 5) is 39.7. The maximum Gasteiger partial charge on any atom is 0.332 e. The van der Waals surface area contributed by atoms with Crippen molar-refractivity contribution in [3.63, 3.8) is 0 Å². The van der Waals surface area contributed by atoms with Gasteiger partial charge in [0.25, 0.3) is 5.56 Å². The first-order chi connectivity index (χ1) is 20.4. The number of aryl methyl sites for hydroxylation is 1. The van der Waals surface area contributed by atoms with Crippen LogP contribution in [-0.2, 0) is 25.4 Å². The third-order valence-electron chi connectivity index (χ3n) is 8.89. The smallest absolute Gasteiger partial charge is 0.332 e. The second-order valence-corrected chi connectivity index (χ2v) is 11.4. The first-order valence-electron chi connectivity index (χ1n) is 14.6. The van der Waals surface area contributed by atoms with E-state index in [0.29, 0.717) is 17.6 Å². The van der Waals surface area contributed by atoms with E-state index in [1.54, 1.807) is 7.05 Å². The quantitative estimate of drug-likeness (QED) is 0.293. The van der Waals surface area contributed by atoms with Crippen LogP contribution in [0.2, 0.25) is 0 Å². The molecule has 5 aromatic rings. The fourth-order valence-electron chi connectivity index (χ4n) is 6.70. The van der Waals surface area contributed by atoms with Crippen molar-refractivity contribution in [2.75, 3.05) is 6.61 Å². The van der Waals surface area contributed by atoms with Gasteiger partial charge in [-0.1, -0.05) is 85.6 Å². The summed E-state index contributed by atoms with van der Waals surface area (Å²) >= 11 is 0. The number of benzene rings is 3. The molecule has 2 N–H and O–H groups in total. The molecule has 1 unspecified atom stereocenters. The highest BCUT2D eigenvalue weighted by Crippen LogP contribution is 2.38. The van der Waals surface area contributed by atoms with Gasteiger partial charge in [-0.25, -0.2) is 4.79 Å². The number of aliphatic hydroxyl groups is 1. The summed E-state index contributed by atoms with van der Waals surface area (Å²) in [6.07, 6.45) is 4.22. The van der Waals surface area contributed by atoms with Crippen molar-refractivity contribution in [2.24, 2.45) is 20.0 Å². The molecule has 0 saturated heterocycles. The highest BCUT2D eigenvalue weighted by molar-refractivity contribution is 6.06. The zero-order valence-corrected chi connectivity index (χ0v) is 24.0. The zero-order chi connectivity index (χ0) is 29.4. The molecule has 3 aromatic carbocycles. The molecule has 2 heterocycles. The molecular formula is C34H36N4O4. The number of fused-ring (bicyclic) bond motifs is 3. The van der Waals surface area contributed by atoms with Crippen LogP contribution >= 0.6 is 0 Å². The fraction of sp³-hybridized carbons (Fsp3) is 0.324. The molecule has 0 bridgehead atoms. The van der Waals surface area contributed by atoms with E-state index in [1.165, 1.54) is 11.6 Å². The monoisotopic (exact) mass is 564 g/mol. The van der Waals surface area contributed by atoms with Crippen LogP contribution in [0.4, 0.5) is 0 Å². The molecule has 1 aliphatic carbocycles. The number of aromatic nitrogens is 3. The molecule has 8 nitrogen and oxygen atoms in total. The Morgan fingerprint density at radius 1 is 0.881 bits per heavy atom. The Bertz CT molecular complexity index is 1860. The average Bonchev–Trinajstić information content (AvgIpc) is 3.66. The Hall–Kier alpha value is -4.43. The van der Waals surface area contributed by atoms with E-state index >= 15 is 0 Å². The SMILES string of the molecule is Cn1c(=O)c2c3ccccc3n(Cc3ccc(C(C(=O)N[C@@H](CO)c4ccccc4)C4CCCC4)cc3)c2n(C)c1=O. The molecule has 216 valence electrons. The summed E-state index contributed by atoms with van der Waals surface area (Å²) in [5.74, 6) is -0.128. The fourth-order valence-corrected chi connectivity index (χ4v) is 6.70. The molecule has 1 fully saturated rings. The number of carbonyl (C=O) groups is 1. The number of carbonyl (C=O) groups excluding carboxylic acids is 1. The number of rotatable bonds is 8. The third kappa shape index (κ3) is 4.86. The Morgan fingerprint density at radius 2 is 1.55 bits per heavy atom. The van der Waals surface area contributed by atoms with Gasteiger partial charge in [0.15, 0.2) is 0 Å². The molecule has 2 aromatic heterocycles. The second-order valence-electron chi connectivity index (χ2n) is 11.4. The Labute approximate surface area is 243 Å². The van der Waals surface area contributed by atoms with Crippen LogP contribution in [0.1, 0.15) is 54.3 Å². The van der Waals surface area contributed by atoms with Crippen molar-refractivity contribution in [1.82, 2.24) is 19.0 Å². The van der Waals surface area contributed by atoms with Gasteiger partial charge in [0.1, 0.15) is 5.65 Å². The molecule has 2 atom stereocenters. The van der Waals surface area contributed by atoms with Gasteiger partial charge in [-0.05, 0) is 41.5 Å². The summed E-state index contributed by atoms with van der Waals surface area (Å²) in [5, 5.41) is 14.5. The maximum absolute atomic E-state index is 13.7. The molecule has 1 aliphatic rings. The summed E-state index contributed by atoms with van der Waals surface area (Å²) in [6, 6.07) is 25.0. The van der Waals surface area contributed by atoms with Crippen molar-refractivity contribution < 1.29 is 9.90 Å². The van der Waals surface area contributed by atoms with E-state index in [2.05, 4.69) is 5.32 Å². The van der Waals surface area contributed by atoms with Gasteiger partial charge in [-0.3, -0.25) is 18.7 Å². The molecule has 0 aliphatic heterocycles. The van der Waals surface area contributed by atoms with Gasteiger partial charge >= 0.3 is 5.69 Å². The maximum atomic E-state index is 13.7. The van der Waals surface area contributed by atoms with Crippen LogP contribution in [0, 0.1) is 5.92 Å². The van der Waals surface area contributed by atoms with Crippen molar-refractivity contribution in [3.8, 4) is 0 Å². The predicted molar refractivity (Wildman–Crippen MR) is 165 cm³/mol. The minimum atomic E-state index is -0.462. The van der Waals surface area contributed by atoms with Gasteiger partial charge in [0.2, 0.25) is 5.91 Å². The van der Waals surface area contributed by atoms with Crippen LogP contribution in [-0.4, -0.2) is 31.3 Å². The first kappa shape index (κ1) is 27.7. The summed E-state index contributed by atoms with van der Waals surface area (Å²) in [6.45, 7) is 0.294. The van der Waals surface area contributed by atoms with Crippen molar-refractivity contribution in [2.45, 2.75) is 44.2 Å². The zero-order valence-electron chi connectivity index (χ0n) is 24.0. The molecule has 8 heteroatoms. The number of aliphatic hydroxyl groups excluding tert-OH is 1. The Balaban J connectivity index is 1.34. The molecule has 1 saturated carbocycles. The van der Waals surface area contributed by atoms with Crippen molar-refractivity contribution >= 4 is 27.8 Å². The Kier molecular flexibility index (Phi) is 7.56. The molecule has 0 spiro atoms. The number of hydrogen-bond acceptors (Lipinski definition) is 4. The number of nitrogens with zero attached hydrogens (tertiary/aromatic N) is 3. The van der Waals surface area contributed by atoms with E-state index in [0.717, 1.165) is 57.8 Å². The lowest BCUT2D eigenvalue weighted by Gasteiger charge is -2.26. The van der Waals surface area contributed by atoms with Crippen LogP contribution in [0.15, 0.2) is 88.5 Å². The standard InChI is InChI=1S/C34H36N4O4/c1-36-32-30(33(41)37(2)34(36)42)26-14-8-9-15-28(26)38(32)20-22-16-18-25(19-17-22)29(24-12-6-7-13-24)31(40)35-27(21-39)23-10-4-3-5-11-23/h3-5,8-11,14-19,24,27,29,39H,6-7,12-13,20-21H2,1-2H3,(H,35,40)/t27-,29?/m0/s1. The normalized spacial score (nSPS) is 15.3. The third-order valence-corrected chi connectivity index (χ3v) is 8.89. The van der Waals surface area contributed by atoms with E-state index < -0.39 is 6.04 Å². The summed E-state index contributed by atoms with van der Waals surface area (Å²) in [5.41, 5.74) is 3.63. The van der Waals surface area contributed by atoms with Crippen LogP contribution in [0.25, 0.3) is 21.9 Å². The predicted octanol–water partition coefficient (Wildman–Crippen LogP) is 4.36. The van der Waals surface area contributed by atoms with E-state index in [9.17, 15) is 19.5 Å². The topological polar surface area (TPSA) is 98.3 Å². The van der Waals surface area contributed by atoms with Crippen LogP contribution in [0.3, 0.4) is 0 Å². The number of nitrogens with one attached hydrogen (secondary N) is 1. The highest BCUT2D eigenvalue weighted by Gasteiger charge is 2.33. The van der Waals surface area contributed by atoms with Crippen molar-refractivity contribution in [1.29, 1.82) is 0 Å². The number of amides is 1. The van der Waals surface area contributed by atoms with Crippen molar-refractivity contribution in [3.05, 3.63) is 116 Å². The average molecular weight is 565 g/mol. The molecular weight excluding hydrogens is 528 g/mol. The van der Waals surface area contributed by atoms with Gasteiger partial charge in [0, 0.05) is 26.0 Å². The minimum absolute atomic E-state index is 0.0641. The van der Waals surface area contributed by atoms with Crippen LogP contribution in [0.5, 0.6) is 0 Å². The van der Waals surface area contributed by atoms with Gasteiger partial charge in [-0.2, -0.15) is 0 Å². The minimum Gasteiger partial charge on any atom is -0.394 e. The van der Waals surface area contributed by atoms with E-state index in [-0.39, 0.29) is 35.6 Å². The lowest BCUT2D eigenvalue weighted by Crippen LogP contribution is -2.37. The molecule has 42 heavy (non-hydrogen) atoms. The lowest BCUT2D eigenvalue weighted by atomic mass is 9.83. The van der Waals surface area contributed by atoms with E-state index in [1.807, 2.05) is 83.4 Å². The largest absolute Gasteiger partial charge is 0.394 e. The van der Waals surface area contributed by atoms with Gasteiger partial charge in [-0.15, -0.1) is 0 Å². The summed E-state index contributed by atoms with van der Waals surface area (Å²) < 4.78 is 4.71. The number of hydrogen-bond donors (Lipinski definition) is 2. The van der Waals surface area contributed by atoms with Gasteiger partial charge in [0.05, 0.1) is 29.5 Å². The number of para-hydroxylation sites is 1. The van der Waals surface area contributed by atoms with E-state index in [4.69, 9.17) is 0 Å². The molecule has 6 rings (SSSR count). The lowest BCUT2D eigenvalue weighted by molar-refractivity contribution is -0.124.